The summed E-state index contributed by atoms with van der Waals surface area (Å²) in [5.41, 5.74) is 0. The van der Waals surface area contributed by atoms with E-state index >= 15 is 0 Å². The van der Waals surface area contributed by atoms with Crippen molar-refractivity contribution in [1.29, 1.82) is 0 Å². The zero-order valence-corrected chi connectivity index (χ0v) is 16.5. The van der Waals surface area contributed by atoms with Crippen molar-refractivity contribution in [2.75, 3.05) is 0 Å². The second kappa shape index (κ2) is 11.3. The quantitative estimate of drug-likeness (QED) is 0.338. The van der Waals surface area contributed by atoms with Crippen LogP contribution in [0.25, 0.3) is 0 Å². The number of hydrogen-bond acceptors (Lipinski definition) is 9. The van der Waals surface area contributed by atoms with Gasteiger partial charge >= 0.3 is 23.9 Å². The van der Waals surface area contributed by atoms with E-state index in [1.165, 1.54) is 0 Å². The lowest BCUT2D eigenvalue weighted by Gasteiger charge is -2.42. The van der Waals surface area contributed by atoms with Gasteiger partial charge in [0.1, 0.15) is 0 Å². The molecule has 0 spiro atoms. The average Bonchev–Trinajstić information content (AvgIpc) is 2.70. The van der Waals surface area contributed by atoms with Crippen LogP contribution in [0, 0.1) is 12.3 Å². The second-order valence-electron chi connectivity index (χ2n) is 5.86. The maximum Gasteiger partial charge on any atom is 0.307 e. The molecule has 0 aromatic rings. The Morgan fingerprint density at radius 3 is 1.54 bits per heavy atom. The summed E-state index contributed by atoms with van der Waals surface area (Å²) in [6.07, 6.45) is -0.921. The SMILES string of the molecule is C#C[C@@H]1OC(OC(=O)CC)[C@@H](OC(=O)CC)[C@H](OC(=O)CC)[C@@H]1OC(=O)CC. The number of rotatable bonds is 8. The monoisotopic (exact) mass is 398 g/mol. The summed E-state index contributed by atoms with van der Waals surface area (Å²) in [6, 6.07) is 0. The van der Waals surface area contributed by atoms with Crippen LogP contribution in [0.3, 0.4) is 0 Å². The smallest absolute Gasteiger partial charge is 0.307 e. The third-order valence-electron chi connectivity index (χ3n) is 3.86. The van der Waals surface area contributed by atoms with Gasteiger partial charge < -0.3 is 23.7 Å². The van der Waals surface area contributed by atoms with E-state index in [4.69, 9.17) is 30.1 Å². The lowest BCUT2D eigenvalue weighted by Crippen LogP contribution is -2.62. The van der Waals surface area contributed by atoms with Gasteiger partial charge in [-0.25, -0.2) is 0 Å². The van der Waals surface area contributed by atoms with Gasteiger partial charge in [-0.15, -0.1) is 6.42 Å². The Morgan fingerprint density at radius 2 is 1.11 bits per heavy atom. The van der Waals surface area contributed by atoms with Crippen molar-refractivity contribution in [1.82, 2.24) is 0 Å². The zero-order valence-electron chi connectivity index (χ0n) is 16.5. The first kappa shape index (κ1) is 23.4. The Labute approximate surface area is 164 Å². The van der Waals surface area contributed by atoms with Crippen molar-refractivity contribution in [3.63, 3.8) is 0 Å². The summed E-state index contributed by atoms with van der Waals surface area (Å²) >= 11 is 0. The van der Waals surface area contributed by atoms with Gasteiger partial charge in [-0.2, -0.15) is 0 Å². The Morgan fingerprint density at radius 1 is 0.714 bits per heavy atom. The predicted octanol–water partition coefficient (Wildman–Crippen LogP) is 1.26. The van der Waals surface area contributed by atoms with E-state index in [1.54, 1.807) is 27.7 Å². The molecular weight excluding hydrogens is 372 g/mol. The minimum absolute atomic E-state index is 0.0113. The Bertz CT molecular complexity index is 621. The van der Waals surface area contributed by atoms with Crippen LogP contribution in [-0.4, -0.2) is 54.6 Å². The topological polar surface area (TPSA) is 114 Å². The maximum absolute atomic E-state index is 12.0. The number of terminal acetylenes is 1. The number of esters is 4. The molecule has 0 saturated carbocycles. The minimum atomic E-state index is -1.42. The van der Waals surface area contributed by atoms with Crippen LogP contribution in [0.2, 0.25) is 0 Å². The van der Waals surface area contributed by atoms with E-state index in [0.717, 1.165) is 0 Å². The lowest BCUT2D eigenvalue weighted by atomic mass is 9.98. The maximum atomic E-state index is 12.0. The molecule has 0 N–H and O–H groups in total. The fourth-order valence-electron chi connectivity index (χ4n) is 2.35. The highest BCUT2D eigenvalue weighted by atomic mass is 16.7. The van der Waals surface area contributed by atoms with Crippen LogP contribution in [0.1, 0.15) is 53.4 Å². The molecule has 156 valence electrons. The van der Waals surface area contributed by atoms with Gasteiger partial charge in [0, 0.05) is 25.7 Å². The molecule has 5 atom stereocenters. The molecule has 0 bridgehead atoms. The minimum Gasteiger partial charge on any atom is -0.454 e. The molecular formula is C19H26O9. The Balaban J connectivity index is 3.33. The molecule has 0 aromatic heterocycles. The van der Waals surface area contributed by atoms with Crippen LogP contribution < -0.4 is 0 Å². The standard InChI is InChI=1S/C19H26O9/c1-6-11-16(25-12(20)7-2)17(26-13(21)8-3)18(27-14(22)9-4)19(24-11)28-15(23)10-5/h1,11,16-19H,7-10H2,2-5H3/t11-,16+,17+,18-,19?/m0/s1. The van der Waals surface area contributed by atoms with Crippen molar-refractivity contribution >= 4 is 23.9 Å². The molecule has 28 heavy (non-hydrogen) atoms. The Hall–Kier alpha value is -2.60. The van der Waals surface area contributed by atoms with Gasteiger partial charge in [0.25, 0.3) is 0 Å². The van der Waals surface area contributed by atoms with Crippen molar-refractivity contribution in [3.05, 3.63) is 0 Å². The predicted molar refractivity (Wildman–Crippen MR) is 94.4 cm³/mol. The molecule has 1 heterocycles. The van der Waals surface area contributed by atoms with Gasteiger partial charge in [0.05, 0.1) is 0 Å². The van der Waals surface area contributed by atoms with Crippen LogP contribution >= 0.6 is 0 Å². The lowest BCUT2D eigenvalue weighted by molar-refractivity contribution is -0.287. The van der Waals surface area contributed by atoms with Crippen LogP contribution in [0.5, 0.6) is 0 Å². The van der Waals surface area contributed by atoms with Gasteiger partial charge in [-0.05, 0) is 0 Å². The molecule has 1 rings (SSSR count). The van der Waals surface area contributed by atoms with E-state index in [1.807, 2.05) is 0 Å². The number of carbonyl (C=O) groups is 4. The normalized spacial score (nSPS) is 26.5. The van der Waals surface area contributed by atoms with E-state index in [-0.39, 0.29) is 25.7 Å². The first-order valence-electron chi connectivity index (χ1n) is 9.20. The number of ether oxygens (including phenoxy) is 5. The summed E-state index contributed by atoms with van der Waals surface area (Å²) < 4.78 is 26.7. The highest BCUT2D eigenvalue weighted by Gasteiger charge is 2.53. The molecule has 1 aliphatic rings. The molecule has 1 unspecified atom stereocenters. The van der Waals surface area contributed by atoms with E-state index in [9.17, 15) is 19.2 Å². The van der Waals surface area contributed by atoms with E-state index in [0.29, 0.717) is 0 Å². The molecule has 1 saturated heterocycles. The summed E-state index contributed by atoms with van der Waals surface area (Å²) in [6.45, 7) is 6.27. The molecule has 0 aliphatic carbocycles. The highest BCUT2D eigenvalue weighted by molar-refractivity contribution is 5.72. The first-order chi connectivity index (χ1) is 13.3. The molecule has 0 aromatic carbocycles. The van der Waals surface area contributed by atoms with Gasteiger partial charge in [-0.3, -0.25) is 19.2 Å². The van der Waals surface area contributed by atoms with Crippen LogP contribution in [-0.2, 0) is 42.9 Å². The zero-order chi connectivity index (χ0) is 21.3. The number of carbonyl (C=O) groups excluding carboxylic acids is 4. The molecule has 0 amide bonds. The third-order valence-corrected chi connectivity index (χ3v) is 3.86. The molecule has 1 aliphatic heterocycles. The first-order valence-corrected chi connectivity index (χ1v) is 9.20. The van der Waals surface area contributed by atoms with Crippen molar-refractivity contribution in [2.45, 2.75) is 84.1 Å². The fourth-order valence-corrected chi connectivity index (χ4v) is 2.35. The molecule has 1 fully saturated rings. The average molecular weight is 398 g/mol. The van der Waals surface area contributed by atoms with Gasteiger partial charge in [0.2, 0.25) is 12.4 Å². The van der Waals surface area contributed by atoms with Crippen LogP contribution in [0.4, 0.5) is 0 Å². The largest absolute Gasteiger partial charge is 0.454 e. The van der Waals surface area contributed by atoms with E-state index < -0.39 is 54.6 Å². The number of hydrogen-bond donors (Lipinski definition) is 0. The van der Waals surface area contributed by atoms with Crippen molar-refractivity contribution in [3.8, 4) is 12.3 Å². The summed E-state index contributed by atoms with van der Waals surface area (Å²) in [7, 11) is 0. The summed E-state index contributed by atoms with van der Waals surface area (Å²) in [5.74, 6) is -0.250. The Kier molecular flexibility index (Phi) is 9.45. The van der Waals surface area contributed by atoms with Gasteiger partial charge in [-0.1, -0.05) is 33.6 Å². The highest BCUT2D eigenvalue weighted by Crippen LogP contribution is 2.30. The fraction of sp³-hybridized carbons (Fsp3) is 0.684. The third kappa shape index (κ3) is 6.23. The van der Waals surface area contributed by atoms with Crippen molar-refractivity contribution in [2.24, 2.45) is 0 Å². The summed E-state index contributed by atoms with van der Waals surface area (Å²) in [5, 5.41) is 0. The van der Waals surface area contributed by atoms with Gasteiger partial charge in [0.15, 0.2) is 18.3 Å². The van der Waals surface area contributed by atoms with Crippen molar-refractivity contribution < 1.29 is 42.9 Å². The molecule has 0 radical (unpaired) electrons. The molecule has 9 heteroatoms. The van der Waals surface area contributed by atoms with E-state index in [2.05, 4.69) is 5.92 Å². The molecule has 9 nitrogen and oxygen atoms in total. The van der Waals surface area contributed by atoms with Crippen LogP contribution in [0.15, 0.2) is 0 Å². The summed E-state index contributed by atoms with van der Waals surface area (Å²) in [4.78, 5) is 47.5. The second-order valence-corrected chi connectivity index (χ2v) is 5.86.